The Morgan fingerprint density at radius 2 is 2.18 bits per heavy atom. The van der Waals surface area contributed by atoms with Crippen LogP contribution < -0.4 is 10.5 Å². The largest absolute Gasteiger partial charge is 0.435 e. The molecule has 1 aromatic rings. The first-order valence-corrected chi connectivity index (χ1v) is 6.50. The van der Waals surface area contributed by atoms with Gasteiger partial charge in [-0.1, -0.05) is 18.5 Å². The minimum Gasteiger partial charge on any atom is -0.435 e. The van der Waals surface area contributed by atoms with E-state index in [9.17, 15) is 8.78 Å². The number of benzene rings is 1. The van der Waals surface area contributed by atoms with E-state index in [-0.39, 0.29) is 11.0 Å². The first kappa shape index (κ1) is 14.5. The van der Waals surface area contributed by atoms with Gasteiger partial charge < -0.3 is 10.5 Å². The average Bonchev–Trinajstić information content (AvgIpc) is 2.28. The molecule has 0 spiro atoms. The fraction of sp³-hybridized carbons (Fsp3) is 0.455. The van der Waals surface area contributed by atoms with Crippen molar-refractivity contribution in [3.63, 3.8) is 0 Å². The number of rotatable bonds is 6. The van der Waals surface area contributed by atoms with Gasteiger partial charge in [-0.2, -0.15) is 20.5 Å². The van der Waals surface area contributed by atoms with Crippen LogP contribution >= 0.6 is 23.4 Å². The van der Waals surface area contributed by atoms with Crippen molar-refractivity contribution < 1.29 is 13.5 Å². The predicted octanol–water partition coefficient (Wildman–Crippen LogP) is 3.52. The van der Waals surface area contributed by atoms with Crippen LogP contribution in [0.4, 0.5) is 8.78 Å². The van der Waals surface area contributed by atoms with Crippen molar-refractivity contribution in [1.29, 1.82) is 0 Å². The maximum atomic E-state index is 12.2. The molecular weight excluding hydrogens is 268 g/mol. The minimum absolute atomic E-state index is 0.168. The van der Waals surface area contributed by atoms with Crippen LogP contribution in [-0.2, 0) is 5.75 Å². The number of hydrogen-bond donors (Lipinski definition) is 1. The second-order valence-corrected chi connectivity index (χ2v) is 5.35. The maximum absolute atomic E-state index is 12.2. The molecule has 1 aromatic carbocycles. The lowest BCUT2D eigenvalue weighted by molar-refractivity contribution is -0.0503. The van der Waals surface area contributed by atoms with Crippen molar-refractivity contribution in [1.82, 2.24) is 0 Å². The van der Waals surface area contributed by atoms with Crippen LogP contribution in [0.1, 0.15) is 12.5 Å². The molecule has 0 heterocycles. The molecule has 0 bridgehead atoms. The summed E-state index contributed by atoms with van der Waals surface area (Å²) < 4.78 is 28.8. The highest BCUT2D eigenvalue weighted by molar-refractivity contribution is 7.99. The van der Waals surface area contributed by atoms with Gasteiger partial charge in [-0.05, 0) is 18.2 Å². The Morgan fingerprint density at radius 3 is 2.76 bits per heavy atom. The van der Waals surface area contributed by atoms with Crippen molar-refractivity contribution in [3.05, 3.63) is 28.8 Å². The standard InChI is InChI=1S/C11H14ClF2NOS/c1-7(5-15)17-6-8-4-9(12)2-3-10(8)16-11(13)14/h2-4,7,11H,5-6,15H2,1H3. The average molecular weight is 282 g/mol. The van der Waals surface area contributed by atoms with Crippen molar-refractivity contribution in [3.8, 4) is 5.75 Å². The molecule has 1 atom stereocenters. The molecule has 2 N–H and O–H groups in total. The second-order valence-electron chi connectivity index (χ2n) is 3.49. The zero-order valence-electron chi connectivity index (χ0n) is 9.33. The second kappa shape index (κ2) is 7.03. The molecule has 0 aliphatic heterocycles. The van der Waals surface area contributed by atoms with Crippen molar-refractivity contribution >= 4 is 23.4 Å². The molecule has 1 rings (SSSR count). The highest BCUT2D eigenvalue weighted by Crippen LogP contribution is 2.29. The Balaban J connectivity index is 2.76. The fourth-order valence-corrected chi connectivity index (χ4v) is 2.19. The van der Waals surface area contributed by atoms with Gasteiger partial charge in [0.1, 0.15) is 5.75 Å². The van der Waals surface area contributed by atoms with Crippen LogP contribution in [0.5, 0.6) is 5.75 Å². The highest BCUT2D eigenvalue weighted by atomic mass is 35.5. The SMILES string of the molecule is CC(CN)SCc1cc(Cl)ccc1OC(F)F. The summed E-state index contributed by atoms with van der Waals surface area (Å²) in [5.74, 6) is 0.710. The number of hydrogen-bond acceptors (Lipinski definition) is 3. The Hall–Kier alpha value is -0.520. The Morgan fingerprint density at radius 1 is 1.47 bits per heavy atom. The molecule has 0 aliphatic rings. The van der Waals surface area contributed by atoms with Crippen molar-refractivity contribution in [2.75, 3.05) is 6.54 Å². The minimum atomic E-state index is -2.83. The van der Waals surface area contributed by atoms with Crippen molar-refractivity contribution in [2.45, 2.75) is 24.5 Å². The van der Waals surface area contributed by atoms with E-state index in [2.05, 4.69) is 4.74 Å². The van der Waals surface area contributed by atoms with E-state index in [1.165, 1.54) is 12.1 Å². The molecular formula is C11H14ClF2NOS. The summed E-state index contributed by atoms with van der Waals surface area (Å²) in [5.41, 5.74) is 6.14. The molecule has 0 saturated carbocycles. The zero-order chi connectivity index (χ0) is 12.8. The van der Waals surface area contributed by atoms with Crippen molar-refractivity contribution in [2.24, 2.45) is 5.73 Å². The van der Waals surface area contributed by atoms with Gasteiger partial charge in [-0.15, -0.1) is 0 Å². The number of halogens is 3. The van der Waals surface area contributed by atoms with Gasteiger partial charge in [0.05, 0.1) is 0 Å². The predicted molar refractivity (Wildman–Crippen MR) is 67.9 cm³/mol. The molecule has 17 heavy (non-hydrogen) atoms. The van der Waals surface area contributed by atoms with Gasteiger partial charge in [0.25, 0.3) is 0 Å². The lowest BCUT2D eigenvalue weighted by Crippen LogP contribution is -2.13. The summed E-state index contributed by atoms with van der Waals surface area (Å²) in [7, 11) is 0. The van der Waals surface area contributed by atoms with Gasteiger partial charge in [-0.3, -0.25) is 0 Å². The van der Waals surface area contributed by atoms with Crippen LogP contribution in [0.15, 0.2) is 18.2 Å². The van der Waals surface area contributed by atoms with Gasteiger partial charge in [-0.25, -0.2) is 0 Å². The van der Waals surface area contributed by atoms with E-state index in [1.807, 2.05) is 6.92 Å². The van der Waals surface area contributed by atoms with Crippen LogP contribution in [0, 0.1) is 0 Å². The summed E-state index contributed by atoms with van der Waals surface area (Å²) in [6.07, 6.45) is 0. The smallest absolute Gasteiger partial charge is 0.387 e. The quantitative estimate of drug-likeness (QED) is 0.866. The maximum Gasteiger partial charge on any atom is 0.387 e. The molecule has 6 heteroatoms. The number of ether oxygens (including phenoxy) is 1. The highest BCUT2D eigenvalue weighted by Gasteiger charge is 2.11. The fourth-order valence-electron chi connectivity index (χ4n) is 1.17. The first-order chi connectivity index (χ1) is 8.02. The third-order valence-corrected chi connectivity index (χ3v) is 3.57. The molecule has 0 fully saturated rings. The first-order valence-electron chi connectivity index (χ1n) is 5.08. The number of alkyl halides is 2. The lowest BCUT2D eigenvalue weighted by Gasteiger charge is -2.13. The molecule has 2 nitrogen and oxygen atoms in total. The van der Waals surface area contributed by atoms with E-state index in [4.69, 9.17) is 17.3 Å². The monoisotopic (exact) mass is 281 g/mol. The van der Waals surface area contributed by atoms with E-state index in [0.717, 1.165) is 0 Å². The lowest BCUT2D eigenvalue weighted by atomic mass is 10.2. The van der Waals surface area contributed by atoms with Crippen LogP contribution in [0.25, 0.3) is 0 Å². The third kappa shape index (κ3) is 5.10. The summed E-state index contributed by atoms with van der Waals surface area (Å²) in [5, 5.41) is 0.760. The van der Waals surface area contributed by atoms with Gasteiger partial charge in [0.2, 0.25) is 0 Å². The molecule has 0 aliphatic carbocycles. The van der Waals surface area contributed by atoms with E-state index < -0.39 is 6.61 Å². The summed E-state index contributed by atoms with van der Waals surface area (Å²) in [6.45, 7) is -0.314. The van der Waals surface area contributed by atoms with Gasteiger partial charge in [0, 0.05) is 28.1 Å². The molecule has 0 aromatic heterocycles. The van der Waals surface area contributed by atoms with Gasteiger partial charge in [0.15, 0.2) is 0 Å². The van der Waals surface area contributed by atoms with Gasteiger partial charge >= 0.3 is 6.61 Å². The number of thioether (sulfide) groups is 1. The summed E-state index contributed by atoms with van der Waals surface area (Å²) in [6, 6.07) is 4.62. The van der Waals surface area contributed by atoms with E-state index in [1.54, 1.807) is 17.8 Å². The van der Waals surface area contributed by atoms with Crippen LogP contribution in [-0.4, -0.2) is 18.4 Å². The Kier molecular flexibility index (Phi) is 6.02. The normalized spacial score (nSPS) is 12.8. The molecule has 1 unspecified atom stereocenters. The Labute approximate surface area is 108 Å². The van der Waals surface area contributed by atoms with Crippen LogP contribution in [0.2, 0.25) is 5.02 Å². The van der Waals surface area contributed by atoms with E-state index in [0.29, 0.717) is 22.9 Å². The summed E-state index contributed by atoms with van der Waals surface area (Å²) in [4.78, 5) is 0. The van der Waals surface area contributed by atoms with E-state index >= 15 is 0 Å². The summed E-state index contributed by atoms with van der Waals surface area (Å²) >= 11 is 7.40. The molecule has 0 amide bonds. The topological polar surface area (TPSA) is 35.2 Å². The number of nitrogens with two attached hydrogens (primary N) is 1. The molecule has 0 radical (unpaired) electrons. The third-order valence-electron chi connectivity index (χ3n) is 2.09. The Bertz CT molecular complexity index is 365. The molecule has 0 saturated heterocycles. The zero-order valence-corrected chi connectivity index (χ0v) is 10.9. The molecule has 96 valence electrons. The van der Waals surface area contributed by atoms with Crippen LogP contribution in [0.3, 0.4) is 0 Å².